The van der Waals surface area contributed by atoms with E-state index in [0.717, 1.165) is 29.9 Å². The smallest absolute Gasteiger partial charge is 0.254 e. The Morgan fingerprint density at radius 1 is 1.22 bits per heavy atom. The molecule has 0 atom stereocenters. The highest BCUT2D eigenvalue weighted by atomic mass is 16.1. The average molecular weight is 367 g/mol. The lowest BCUT2D eigenvalue weighted by Crippen LogP contribution is -2.30. The van der Waals surface area contributed by atoms with Crippen LogP contribution < -0.4 is 16.0 Å². The molecular weight excluding hydrogens is 342 g/mol. The Morgan fingerprint density at radius 3 is 2.70 bits per heavy atom. The van der Waals surface area contributed by atoms with Crippen LogP contribution in [0.1, 0.15) is 23.4 Å². The highest BCUT2D eigenvalue weighted by Gasteiger charge is 2.15. The lowest BCUT2D eigenvalue weighted by molar-refractivity contribution is -0.120. The number of nitrogens with two attached hydrogens (primary N) is 1. The van der Waals surface area contributed by atoms with Crippen LogP contribution in [0.25, 0.3) is 5.78 Å². The minimum atomic E-state index is -0.0298. The molecule has 3 aromatic rings. The third-order valence-corrected chi connectivity index (χ3v) is 4.59. The van der Waals surface area contributed by atoms with Crippen LogP contribution in [-0.2, 0) is 11.2 Å². The summed E-state index contributed by atoms with van der Waals surface area (Å²) >= 11 is 0. The number of para-hydroxylation sites is 1. The maximum Gasteiger partial charge on any atom is 0.254 e. The third-order valence-electron chi connectivity index (χ3n) is 4.59. The average Bonchev–Trinajstić information content (AvgIpc) is 3.03. The van der Waals surface area contributed by atoms with Crippen molar-refractivity contribution in [1.29, 1.82) is 0 Å². The lowest BCUT2D eigenvalue weighted by atomic mass is 10.1. The number of hydrogen-bond acceptors (Lipinski definition) is 6. The highest BCUT2D eigenvalue weighted by Crippen LogP contribution is 2.15. The van der Waals surface area contributed by atoms with Gasteiger partial charge in [-0.25, -0.2) is 4.98 Å². The van der Waals surface area contributed by atoms with E-state index >= 15 is 0 Å². The molecule has 1 aromatic carbocycles. The van der Waals surface area contributed by atoms with Gasteiger partial charge in [0.15, 0.2) is 0 Å². The van der Waals surface area contributed by atoms with Crippen LogP contribution in [0.5, 0.6) is 0 Å². The Balaban J connectivity index is 1.53. The normalized spacial score (nSPS) is 10.9. The molecule has 2 heterocycles. The number of nitrogens with one attached hydrogen (secondary N) is 1. The number of hydrogen-bond donors (Lipinski definition) is 2. The second-order valence-electron chi connectivity index (χ2n) is 6.58. The third kappa shape index (κ3) is 4.33. The second kappa shape index (κ2) is 8.03. The van der Waals surface area contributed by atoms with Crippen molar-refractivity contribution in [2.24, 2.45) is 0 Å². The summed E-state index contributed by atoms with van der Waals surface area (Å²) in [6.07, 6.45) is 1.13. The van der Waals surface area contributed by atoms with Crippen LogP contribution in [-0.4, -0.2) is 45.6 Å². The Hall–Kier alpha value is -3.16. The van der Waals surface area contributed by atoms with Gasteiger partial charge in [-0.05, 0) is 32.4 Å². The maximum atomic E-state index is 12.4. The number of nitrogen functional groups attached to an aromatic ring is 1. The van der Waals surface area contributed by atoms with Gasteiger partial charge in [0.1, 0.15) is 0 Å². The first kappa shape index (κ1) is 18.6. The Labute approximate surface area is 158 Å². The number of fused-ring (bicyclic) bond motifs is 1. The van der Waals surface area contributed by atoms with E-state index in [4.69, 9.17) is 5.73 Å². The van der Waals surface area contributed by atoms with Gasteiger partial charge < -0.3 is 16.0 Å². The van der Waals surface area contributed by atoms with Gasteiger partial charge >= 0.3 is 0 Å². The number of aromatic nitrogens is 4. The Bertz CT molecular complexity index is 936. The van der Waals surface area contributed by atoms with Crippen molar-refractivity contribution < 1.29 is 4.79 Å². The summed E-state index contributed by atoms with van der Waals surface area (Å²) in [6, 6.07) is 10.2. The summed E-state index contributed by atoms with van der Waals surface area (Å²) in [5, 5.41) is 7.11. The summed E-state index contributed by atoms with van der Waals surface area (Å²) in [4.78, 5) is 23.0. The molecule has 2 aromatic heterocycles. The van der Waals surface area contributed by atoms with E-state index in [2.05, 4.69) is 44.5 Å². The van der Waals surface area contributed by atoms with E-state index in [1.54, 1.807) is 4.52 Å². The fraction of sp³-hybridized carbons (Fsp3) is 0.368. The van der Waals surface area contributed by atoms with Crippen molar-refractivity contribution in [1.82, 2.24) is 24.9 Å². The zero-order valence-electron chi connectivity index (χ0n) is 15.9. The molecule has 8 heteroatoms. The summed E-state index contributed by atoms with van der Waals surface area (Å²) in [7, 11) is 2.05. The van der Waals surface area contributed by atoms with Crippen molar-refractivity contribution >= 4 is 23.3 Å². The Kier molecular flexibility index (Phi) is 5.54. The quantitative estimate of drug-likeness (QED) is 0.614. The molecule has 27 heavy (non-hydrogen) atoms. The van der Waals surface area contributed by atoms with Crippen LogP contribution in [0, 0.1) is 13.8 Å². The maximum absolute atomic E-state index is 12.4. The number of carbonyl (C=O) groups is 1. The monoisotopic (exact) mass is 367 g/mol. The van der Waals surface area contributed by atoms with Gasteiger partial charge in [-0.1, -0.05) is 18.2 Å². The van der Waals surface area contributed by atoms with Crippen LogP contribution in [0.15, 0.2) is 30.3 Å². The van der Waals surface area contributed by atoms with Crippen LogP contribution in [0.2, 0.25) is 0 Å². The Morgan fingerprint density at radius 2 is 1.96 bits per heavy atom. The van der Waals surface area contributed by atoms with E-state index in [1.165, 1.54) is 5.69 Å². The van der Waals surface area contributed by atoms with Gasteiger partial charge in [-0.3, -0.25) is 4.79 Å². The molecule has 1 amide bonds. The highest BCUT2D eigenvalue weighted by molar-refractivity contribution is 5.79. The fourth-order valence-electron chi connectivity index (χ4n) is 3.06. The van der Waals surface area contributed by atoms with E-state index in [1.807, 2.05) is 32.0 Å². The van der Waals surface area contributed by atoms with Crippen LogP contribution >= 0.6 is 0 Å². The van der Waals surface area contributed by atoms with Gasteiger partial charge in [0.2, 0.25) is 11.9 Å². The van der Waals surface area contributed by atoms with Crippen molar-refractivity contribution in [3.8, 4) is 0 Å². The van der Waals surface area contributed by atoms with E-state index in [-0.39, 0.29) is 18.3 Å². The molecular formula is C19H25N7O. The standard InChI is InChI=1S/C19H25N7O/c1-13-16(14(2)26-19(22-13)23-18(20)24-26)12-17(27)21-10-7-11-25(3)15-8-5-4-6-9-15/h4-6,8-9H,7,10-12H2,1-3H3,(H2,20,24)(H,21,27). The molecule has 0 aliphatic rings. The minimum absolute atomic E-state index is 0.0298. The number of carbonyl (C=O) groups excluding carboxylic acids is 1. The number of aryl methyl sites for hydroxylation is 2. The fourth-order valence-corrected chi connectivity index (χ4v) is 3.06. The molecule has 0 aliphatic heterocycles. The molecule has 0 aliphatic carbocycles. The SMILES string of the molecule is Cc1nc2nc(N)nn2c(C)c1CC(=O)NCCCN(C)c1ccccc1. The molecule has 8 nitrogen and oxygen atoms in total. The first-order chi connectivity index (χ1) is 13.0. The second-order valence-corrected chi connectivity index (χ2v) is 6.58. The summed E-state index contributed by atoms with van der Waals surface area (Å²) in [6.45, 7) is 5.26. The number of amides is 1. The molecule has 0 spiro atoms. The largest absolute Gasteiger partial charge is 0.375 e. The summed E-state index contributed by atoms with van der Waals surface area (Å²) in [5.74, 6) is 0.600. The van der Waals surface area contributed by atoms with E-state index in [0.29, 0.717) is 12.3 Å². The summed E-state index contributed by atoms with van der Waals surface area (Å²) in [5.41, 5.74) is 9.27. The van der Waals surface area contributed by atoms with Crippen molar-refractivity contribution in [2.45, 2.75) is 26.7 Å². The van der Waals surface area contributed by atoms with Crippen molar-refractivity contribution in [3.05, 3.63) is 47.3 Å². The number of rotatable bonds is 7. The lowest BCUT2D eigenvalue weighted by Gasteiger charge is -2.19. The van der Waals surface area contributed by atoms with Crippen molar-refractivity contribution in [3.63, 3.8) is 0 Å². The molecule has 3 N–H and O–H groups in total. The zero-order chi connectivity index (χ0) is 19.4. The predicted octanol–water partition coefficient (Wildman–Crippen LogP) is 1.51. The number of nitrogens with zero attached hydrogens (tertiary/aromatic N) is 5. The van der Waals surface area contributed by atoms with Crippen LogP contribution in [0.4, 0.5) is 11.6 Å². The molecule has 0 saturated heterocycles. The molecule has 0 fully saturated rings. The van der Waals surface area contributed by atoms with Gasteiger partial charge in [0, 0.05) is 42.8 Å². The predicted molar refractivity (Wildman–Crippen MR) is 106 cm³/mol. The topological polar surface area (TPSA) is 101 Å². The summed E-state index contributed by atoms with van der Waals surface area (Å²) < 4.78 is 1.58. The van der Waals surface area contributed by atoms with E-state index < -0.39 is 0 Å². The molecule has 0 radical (unpaired) electrons. The molecule has 0 bridgehead atoms. The molecule has 0 saturated carbocycles. The minimum Gasteiger partial charge on any atom is -0.375 e. The van der Waals surface area contributed by atoms with Gasteiger partial charge in [-0.15, -0.1) is 5.10 Å². The molecule has 0 unspecified atom stereocenters. The number of anilines is 2. The first-order valence-corrected chi connectivity index (χ1v) is 8.97. The first-order valence-electron chi connectivity index (χ1n) is 8.97. The number of benzene rings is 1. The van der Waals surface area contributed by atoms with E-state index in [9.17, 15) is 4.79 Å². The van der Waals surface area contributed by atoms with Gasteiger partial charge in [0.05, 0.1) is 6.42 Å². The van der Waals surface area contributed by atoms with Gasteiger partial charge in [0.25, 0.3) is 5.78 Å². The van der Waals surface area contributed by atoms with Gasteiger partial charge in [-0.2, -0.15) is 9.50 Å². The van der Waals surface area contributed by atoms with Crippen molar-refractivity contribution in [2.75, 3.05) is 30.8 Å². The molecule has 3 rings (SSSR count). The zero-order valence-corrected chi connectivity index (χ0v) is 15.9. The molecule has 142 valence electrons. The van der Waals surface area contributed by atoms with Crippen LogP contribution in [0.3, 0.4) is 0 Å².